The number of anilines is 1. The van der Waals surface area contributed by atoms with Gasteiger partial charge in [-0.1, -0.05) is 22.0 Å². The van der Waals surface area contributed by atoms with E-state index in [0.29, 0.717) is 0 Å². The van der Waals surface area contributed by atoms with E-state index < -0.39 is 0 Å². The topological polar surface area (TPSA) is 35.8 Å². The SMILES string of the molecule is Cc1ccc(Br)cc1NCCCC(C)(C)C#N. The van der Waals surface area contributed by atoms with Gasteiger partial charge in [0.2, 0.25) is 0 Å². The number of aryl methyl sites for hydroxylation is 1. The normalized spacial score (nSPS) is 11.0. The third kappa shape index (κ3) is 4.79. The van der Waals surface area contributed by atoms with Crippen molar-refractivity contribution in [3.63, 3.8) is 0 Å². The minimum atomic E-state index is -0.214. The van der Waals surface area contributed by atoms with Gasteiger partial charge in [0.05, 0.1) is 11.5 Å². The minimum absolute atomic E-state index is 0.214. The molecule has 0 saturated heterocycles. The van der Waals surface area contributed by atoms with Crippen molar-refractivity contribution in [2.24, 2.45) is 5.41 Å². The highest BCUT2D eigenvalue weighted by Gasteiger charge is 2.15. The number of halogens is 1. The van der Waals surface area contributed by atoms with Crippen LogP contribution in [-0.2, 0) is 0 Å². The van der Waals surface area contributed by atoms with Gasteiger partial charge in [-0.25, -0.2) is 0 Å². The molecule has 92 valence electrons. The molecular weight excluding hydrogens is 276 g/mol. The van der Waals surface area contributed by atoms with Gasteiger partial charge in [-0.05, 0) is 51.3 Å². The molecule has 17 heavy (non-hydrogen) atoms. The maximum absolute atomic E-state index is 8.91. The van der Waals surface area contributed by atoms with Crippen LogP contribution in [0.1, 0.15) is 32.3 Å². The summed E-state index contributed by atoms with van der Waals surface area (Å²) in [5, 5.41) is 12.3. The average molecular weight is 295 g/mol. The summed E-state index contributed by atoms with van der Waals surface area (Å²) >= 11 is 3.47. The summed E-state index contributed by atoms with van der Waals surface area (Å²) in [6.45, 7) is 6.96. The number of nitrogens with zero attached hydrogens (tertiary/aromatic N) is 1. The Kier molecular flexibility index (Phi) is 5.02. The zero-order valence-electron chi connectivity index (χ0n) is 10.7. The second-order valence-corrected chi connectivity index (χ2v) is 5.90. The molecule has 0 atom stereocenters. The van der Waals surface area contributed by atoms with E-state index in [0.717, 1.165) is 29.5 Å². The number of nitriles is 1. The van der Waals surface area contributed by atoms with E-state index in [1.807, 2.05) is 19.9 Å². The Morgan fingerprint density at radius 1 is 1.41 bits per heavy atom. The first-order valence-electron chi connectivity index (χ1n) is 5.86. The standard InChI is InChI=1S/C14H19BrN2/c1-11-5-6-12(15)9-13(11)17-8-4-7-14(2,3)10-16/h5-6,9,17H,4,7-8H2,1-3H3. The highest BCUT2D eigenvalue weighted by atomic mass is 79.9. The molecule has 1 aromatic rings. The summed E-state index contributed by atoms with van der Waals surface area (Å²) in [5.41, 5.74) is 2.19. The molecule has 0 amide bonds. The van der Waals surface area contributed by atoms with Gasteiger partial charge < -0.3 is 5.32 Å². The number of rotatable bonds is 5. The lowest BCUT2D eigenvalue weighted by Crippen LogP contribution is -2.11. The van der Waals surface area contributed by atoms with Crippen molar-refractivity contribution in [1.29, 1.82) is 5.26 Å². The Bertz CT molecular complexity index is 419. The van der Waals surface area contributed by atoms with Gasteiger partial charge in [0.1, 0.15) is 0 Å². The zero-order chi connectivity index (χ0) is 12.9. The monoisotopic (exact) mass is 294 g/mol. The quantitative estimate of drug-likeness (QED) is 0.812. The molecule has 2 nitrogen and oxygen atoms in total. The van der Waals surface area contributed by atoms with Crippen molar-refractivity contribution < 1.29 is 0 Å². The number of nitrogens with one attached hydrogen (secondary N) is 1. The van der Waals surface area contributed by atoms with Gasteiger partial charge in [-0.15, -0.1) is 0 Å². The van der Waals surface area contributed by atoms with Crippen LogP contribution in [0.3, 0.4) is 0 Å². The van der Waals surface area contributed by atoms with E-state index >= 15 is 0 Å². The van der Waals surface area contributed by atoms with E-state index in [4.69, 9.17) is 5.26 Å². The van der Waals surface area contributed by atoms with E-state index in [2.05, 4.69) is 46.4 Å². The Balaban J connectivity index is 2.42. The van der Waals surface area contributed by atoms with Gasteiger partial charge in [-0.2, -0.15) is 5.26 Å². The van der Waals surface area contributed by atoms with Crippen LogP contribution in [0.5, 0.6) is 0 Å². The lowest BCUT2D eigenvalue weighted by atomic mass is 9.90. The van der Waals surface area contributed by atoms with Crippen molar-refractivity contribution in [3.05, 3.63) is 28.2 Å². The summed E-state index contributed by atoms with van der Waals surface area (Å²) in [4.78, 5) is 0. The van der Waals surface area contributed by atoms with E-state index in [-0.39, 0.29) is 5.41 Å². The van der Waals surface area contributed by atoms with E-state index in [9.17, 15) is 0 Å². The molecule has 0 aromatic heterocycles. The first-order chi connectivity index (χ1) is 7.94. The molecule has 1 N–H and O–H groups in total. The van der Waals surface area contributed by atoms with Crippen LogP contribution in [0.4, 0.5) is 5.69 Å². The molecule has 0 unspecified atom stereocenters. The van der Waals surface area contributed by atoms with Crippen LogP contribution in [0, 0.1) is 23.7 Å². The second kappa shape index (κ2) is 6.07. The summed E-state index contributed by atoms with van der Waals surface area (Å²) in [6, 6.07) is 8.54. The van der Waals surface area contributed by atoms with E-state index in [1.54, 1.807) is 0 Å². The maximum atomic E-state index is 8.91. The van der Waals surface area contributed by atoms with Crippen molar-refractivity contribution >= 4 is 21.6 Å². The molecule has 0 aliphatic rings. The second-order valence-electron chi connectivity index (χ2n) is 4.99. The molecule has 0 heterocycles. The molecule has 0 radical (unpaired) electrons. The first-order valence-corrected chi connectivity index (χ1v) is 6.65. The van der Waals surface area contributed by atoms with E-state index in [1.165, 1.54) is 5.56 Å². The summed E-state index contributed by atoms with van der Waals surface area (Å²) in [6.07, 6.45) is 1.93. The maximum Gasteiger partial charge on any atom is 0.0683 e. The fourth-order valence-corrected chi connectivity index (χ4v) is 1.96. The predicted molar refractivity (Wildman–Crippen MR) is 76.0 cm³/mol. The molecule has 0 saturated carbocycles. The third-order valence-corrected chi connectivity index (χ3v) is 3.29. The zero-order valence-corrected chi connectivity index (χ0v) is 12.3. The molecule has 0 bridgehead atoms. The third-order valence-electron chi connectivity index (χ3n) is 2.80. The smallest absolute Gasteiger partial charge is 0.0683 e. The molecule has 1 aromatic carbocycles. The Labute approximate surface area is 112 Å². The van der Waals surface area contributed by atoms with Crippen molar-refractivity contribution in [3.8, 4) is 6.07 Å². The van der Waals surface area contributed by atoms with Gasteiger partial charge in [0.15, 0.2) is 0 Å². The summed E-state index contributed by atoms with van der Waals surface area (Å²) < 4.78 is 1.09. The first kappa shape index (κ1) is 14.1. The molecular formula is C14H19BrN2. The van der Waals surface area contributed by atoms with Crippen molar-refractivity contribution in [1.82, 2.24) is 0 Å². The van der Waals surface area contributed by atoms with Crippen molar-refractivity contribution in [2.45, 2.75) is 33.6 Å². The number of benzene rings is 1. The predicted octanol–water partition coefficient (Wildman–Crippen LogP) is 4.50. The molecule has 3 heteroatoms. The van der Waals surface area contributed by atoms with Crippen LogP contribution in [0.15, 0.2) is 22.7 Å². The van der Waals surface area contributed by atoms with Gasteiger partial charge >= 0.3 is 0 Å². The fourth-order valence-electron chi connectivity index (χ4n) is 1.59. The molecule has 0 aliphatic heterocycles. The van der Waals surface area contributed by atoms with Crippen LogP contribution in [0.25, 0.3) is 0 Å². The fraction of sp³-hybridized carbons (Fsp3) is 0.500. The largest absolute Gasteiger partial charge is 0.385 e. The molecule has 0 spiro atoms. The Morgan fingerprint density at radius 3 is 2.76 bits per heavy atom. The summed E-state index contributed by atoms with van der Waals surface area (Å²) in [5.74, 6) is 0. The molecule has 1 rings (SSSR count). The van der Waals surface area contributed by atoms with Gasteiger partial charge in [-0.3, -0.25) is 0 Å². The van der Waals surface area contributed by atoms with Crippen LogP contribution in [-0.4, -0.2) is 6.54 Å². The summed E-state index contributed by atoms with van der Waals surface area (Å²) in [7, 11) is 0. The average Bonchev–Trinajstić information content (AvgIpc) is 2.29. The number of hydrogen-bond acceptors (Lipinski definition) is 2. The van der Waals surface area contributed by atoms with Gasteiger partial charge in [0.25, 0.3) is 0 Å². The molecule has 0 fully saturated rings. The van der Waals surface area contributed by atoms with Crippen LogP contribution < -0.4 is 5.32 Å². The lowest BCUT2D eigenvalue weighted by molar-refractivity contribution is 0.441. The lowest BCUT2D eigenvalue weighted by Gasteiger charge is -2.15. The van der Waals surface area contributed by atoms with Crippen LogP contribution >= 0.6 is 15.9 Å². The highest BCUT2D eigenvalue weighted by molar-refractivity contribution is 9.10. The molecule has 0 aliphatic carbocycles. The minimum Gasteiger partial charge on any atom is -0.385 e. The Morgan fingerprint density at radius 2 is 2.12 bits per heavy atom. The number of hydrogen-bond donors (Lipinski definition) is 1. The van der Waals surface area contributed by atoms with Gasteiger partial charge in [0, 0.05) is 16.7 Å². The van der Waals surface area contributed by atoms with Crippen molar-refractivity contribution in [2.75, 3.05) is 11.9 Å². The Hall–Kier alpha value is -1.01. The van der Waals surface area contributed by atoms with Crippen LogP contribution in [0.2, 0.25) is 0 Å². The highest BCUT2D eigenvalue weighted by Crippen LogP contribution is 2.23.